The van der Waals surface area contributed by atoms with Crippen LogP contribution in [-0.4, -0.2) is 48.8 Å². The van der Waals surface area contributed by atoms with Gasteiger partial charge in [-0.1, -0.05) is 13.0 Å². The summed E-state index contributed by atoms with van der Waals surface area (Å²) in [5.74, 6) is 1.33. The van der Waals surface area contributed by atoms with Gasteiger partial charge >= 0.3 is 0 Å². The van der Waals surface area contributed by atoms with Crippen molar-refractivity contribution < 1.29 is 23.9 Å². The average Bonchev–Trinajstić information content (AvgIpc) is 3.35. The molecule has 2 fully saturated rings. The van der Waals surface area contributed by atoms with Crippen LogP contribution in [0.1, 0.15) is 25.8 Å². The van der Waals surface area contributed by atoms with Crippen LogP contribution >= 0.6 is 11.8 Å². The molecule has 0 radical (unpaired) electrons. The summed E-state index contributed by atoms with van der Waals surface area (Å²) in [6, 6.07) is 5.33. The minimum atomic E-state index is -0.350. The molecule has 2 aliphatic rings. The van der Waals surface area contributed by atoms with Gasteiger partial charge in [0.25, 0.3) is 11.1 Å². The van der Waals surface area contributed by atoms with Crippen LogP contribution < -0.4 is 14.8 Å². The number of nitrogens with one attached hydrogen (secondary N) is 1. The van der Waals surface area contributed by atoms with Gasteiger partial charge in [0.1, 0.15) is 0 Å². The average molecular weight is 404 g/mol. The highest BCUT2D eigenvalue weighted by molar-refractivity contribution is 8.18. The van der Waals surface area contributed by atoms with Crippen LogP contribution in [0.2, 0.25) is 0 Å². The topological polar surface area (TPSA) is 84.9 Å². The van der Waals surface area contributed by atoms with Crippen molar-refractivity contribution >= 4 is 34.9 Å². The number of imide groups is 1. The van der Waals surface area contributed by atoms with Crippen LogP contribution in [0.3, 0.4) is 0 Å². The summed E-state index contributed by atoms with van der Waals surface area (Å²) < 4.78 is 10.8. The van der Waals surface area contributed by atoms with E-state index in [0.717, 1.165) is 23.7 Å². The van der Waals surface area contributed by atoms with Gasteiger partial charge in [0.15, 0.2) is 11.5 Å². The number of hydrogen-bond donors (Lipinski definition) is 1. The largest absolute Gasteiger partial charge is 0.493 e. The molecule has 0 spiro atoms. The van der Waals surface area contributed by atoms with E-state index in [1.807, 2.05) is 13.8 Å². The maximum Gasteiger partial charge on any atom is 0.293 e. The lowest BCUT2D eigenvalue weighted by Crippen LogP contribution is -2.37. The zero-order valence-electron chi connectivity index (χ0n) is 16.2. The second-order valence-corrected chi connectivity index (χ2v) is 7.78. The second kappa shape index (κ2) is 8.68. The molecule has 0 bridgehead atoms. The Balaban J connectivity index is 1.63. The third kappa shape index (κ3) is 4.49. The SMILES string of the molecule is CCOc1ccc(/C=C2\SC(=O)N(CCNC(=O)C3CC3C)C2=O)cc1OC. The van der Waals surface area contributed by atoms with Gasteiger partial charge in [-0.25, -0.2) is 0 Å². The minimum absolute atomic E-state index is 0.00324. The number of carbonyl (C=O) groups excluding carboxylic acids is 3. The first kappa shape index (κ1) is 20.3. The van der Waals surface area contributed by atoms with Crippen LogP contribution in [0, 0.1) is 11.8 Å². The lowest BCUT2D eigenvalue weighted by Gasteiger charge is -2.13. The van der Waals surface area contributed by atoms with Crippen LogP contribution in [0.15, 0.2) is 23.1 Å². The number of methoxy groups -OCH3 is 1. The molecule has 2 unspecified atom stereocenters. The van der Waals surface area contributed by atoms with Gasteiger partial charge in [-0.15, -0.1) is 0 Å². The zero-order chi connectivity index (χ0) is 20.3. The zero-order valence-corrected chi connectivity index (χ0v) is 17.0. The maximum atomic E-state index is 12.6. The fourth-order valence-electron chi connectivity index (χ4n) is 3.00. The summed E-state index contributed by atoms with van der Waals surface area (Å²) in [6.45, 7) is 4.87. The predicted molar refractivity (Wildman–Crippen MR) is 107 cm³/mol. The minimum Gasteiger partial charge on any atom is -0.493 e. The standard InChI is InChI=1S/C20H24N2O5S/c1-4-27-15-6-5-13(10-16(15)26-3)11-17-19(24)22(20(25)28-17)8-7-21-18(23)14-9-12(14)2/h5-6,10-12,14H,4,7-9H2,1-3H3,(H,21,23)/b17-11-. The number of ether oxygens (including phenoxy) is 2. The van der Waals surface area contributed by atoms with Crippen molar-refractivity contribution in [2.24, 2.45) is 11.8 Å². The summed E-state index contributed by atoms with van der Waals surface area (Å²) in [5.41, 5.74) is 0.738. The Hall–Kier alpha value is -2.48. The molecule has 7 nitrogen and oxygen atoms in total. The lowest BCUT2D eigenvalue weighted by molar-refractivity contribution is -0.125. The van der Waals surface area contributed by atoms with E-state index in [0.29, 0.717) is 28.9 Å². The quantitative estimate of drug-likeness (QED) is 0.671. The van der Waals surface area contributed by atoms with Crippen molar-refractivity contribution in [1.82, 2.24) is 10.2 Å². The van der Waals surface area contributed by atoms with Crippen LogP contribution in [0.5, 0.6) is 11.5 Å². The number of benzene rings is 1. The molecular weight excluding hydrogens is 380 g/mol. The number of nitrogens with zero attached hydrogens (tertiary/aromatic N) is 1. The highest BCUT2D eigenvalue weighted by Gasteiger charge is 2.39. The van der Waals surface area contributed by atoms with Gasteiger partial charge in [0, 0.05) is 19.0 Å². The van der Waals surface area contributed by atoms with Gasteiger partial charge in [-0.05, 0) is 54.8 Å². The first-order valence-corrected chi connectivity index (χ1v) is 10.1. The Labute approximate surface area is 168 Å². The van der Waals surface area contributed by atoms with Crippen LogP contribution in [0.25, 0.3) is 6.08 Å². The highest BCUT2D eigenvalue weighted by Crippen LogP contribution is 2.37. The fraction of sp³-hybridized carbons (Fsp3) is 0.450. The third-order valence-corrected chi connectivity index (χ3v) is 5.65. The summed E-state index contributed by atoms with van der Waals surface area (Å²) in [6.07, 6.45) is 2.56. The Kier molecular flexibility index (Phi) is 6.28. The van der Waals surface area contributed by atoms with E-state index >= 15 is 0 Å². The molecule has 1 aliphatic heterocycles. The molecule has 3 rings (SSSR count). The molecule has 8 heteroatoms. The van der Waals surface area contributed by atoms with Gasteiger partial charge in [0.2, 0.25) is 5.91 Å². The molecule has 1 N–H and O–H groups in total. The first-order valence-electron chi connectivity index (χ1n) is 9.28. The van der Waals surface area contributed by atoms with Crippen molar-refractivity contribution in [1.29, 1.82) is 0 Å². The second-order valence-electron chi connectivity index (χ2n) is 6.79. The smallest absolute Gasteiger partial charge is 0.293 e. The van der Waals surface area contributed by atoms with Crippen molar-refractivity contribution in [2.75, 3.05) is 26.8 Å². The van der Waals surface area contributed by atoms with Crippen molar-refractivity contribution in [3.63, 3.8) is 0 Å². The van der Waals surface area contributed by atoms with Gasteiger partial charge in [0.05, 0.1) is 18.6 Å². The maximum absolute atomic E-state index is 12.6. The van der Waals surface area contributed by atoms with E-state index < -0.39 is 0 Å². The monoisotopic (exact) mass is 404 g/mol. The van der Waals surface area contributed by atoms with Crippen molar-refractivity contribution in [3.8, 4) is 11.5 Å². The Morgan fingerprint density at radius 3 is 2.75 bits per heavy atom. The summed E-state index contributed by atoms with van der Waals surface area (Å²) in [7, 11) is 1.55. The first-order chi connectivity index (χ1) is 13.4. The summed E-state index contributed by atoms with van der Waals surface area (Å²) in [4.78, 5) is 38.1. The normalized spacial score (nSPS) is 22.5. The molecule has 150 valence electrons. The van der Waals surface area contributed by atoms with E-state index in [-0.39, 0.29) is 36.1 Å². The molecule has 28 heavy (non-hydrogen) atoms. The third-order valence-electron chi connectivity index (χ3n) is 4.74. The molecule has 2 atom stereocenters. The number of carbonyl (C=O) groups is 3. The van der Waals surface area contributed by atoms with E-state index in [4.69, 9.17) is 9.47 Å². The predicted octanol–water partition coefficient (Wildman–Crippen LogP) is 2.90. The molecule has 1 aromatic carbocycles. The summed E-state index contributed by atoms with van der Waals surface area (Å²) in [5, 5.41) is 2.47. The van der Waals surface area contributed by atoms with Gasteiger partial charge in [-0.3, -0.25) is 19.3 Å². The number of rotatable bonds is 8. The summed E-state index contributed by atoms with van der Waals surface area (Å²) >= 11 is 0.896. The molecule has 0 aromatic heterocycles. The molecule has 1 aromatic rings. The van der Waals surface area contributed by atoms with E-state index in [1.54, 1.807) is 31.4 Å². The fourth-order valence-corrected chi connectivity index (χ4v) is 3.87. The van der Waals surface area contributed by atoms with Crippen LogP contribution in [0.4, 0.5) is 4.79 Å². The van der Waals surface area contributed by atoms with Gasteiger partial charge in [-0.2, -0.15) is 0 Å². The lowest BCUT2D eigenvalue weighted by atomic mass is 10.2. The van der Waals surface area contributed by atoms with Crippen LogP contribution in [-0.2, 0) is 9.59 Å². The molecule has 1 saturated carbocycles. The molecule has 1 heterocycles. The molecule has 1 aliphatic carbocycles. The van der Waals surface area contributed by atoms with Crippen molar-refractivity contribution in [2.45, 2.75) is 20.3 Å². The van der Waals surface area contributed by atoms with Gasteiger partial charge < -0.3 is 14.8 Å². The van der Waals surface area contributed by atoms with E-state index in [2.05, 4.69) is 5.32 Å². The molecule has 3 amide bonds. The van der Waals surface area contributed by atoms with E-state index in [1.165, 1.54) is 4.90 Å². The number of hydrogen-bond acceptors (Lipinski definition) is 6. The Morgan fingerprint density at radius 1 is 1.36 bits per heavy atom. The number of amides is 3. The van der Waals surface area contributed by atoms with Crippen molar-refractivity contribution in [3.05, 3.63) is 28.7 Å². The molecule has 1 saturated heterocycles. The molecular formula is C20H24N2O5S. The Bertz CT molecular complexity index is 823. The Morgan fingerprint density at radius 2 is 2.11 bits per heavy atom. The van der Waals surface area contributed by atoms with E-state index in [9.17, 15) is 14.4 Å². The highest BCUT2D eigenvalue weighted by atomic mass is 32.2. The number of thioether (sulfide) groups is 1.